The molecule has 0 unspecified atom stereocenters. The summed E-state index contributed by atoms with van der Waals surface area (Å²) >= 11 is 0. The third-order valence-electron chi connectivity index (χ3n) is 10.5. The normalized spacial score (nSPS) is 13.6. The summed E-state index contributed by atoms with van der Waals surface area (Å²) in [7, 11) is 0. The van der Waals surface area contributed by atoms with E-state index in [0.717, 1.165) is 33.2 Å². The predicted octanol–water partition coefficient (Wildman–Crippen LogP) is 11.3. The van der Waals surface area contributed by atoms with Gasteiger partial charge in [0.25, 0.3) is 0 Å². The molecule has 0 saturated carbocycles. The molecular formula is C44H31N3. The Morgan fingerprint density at radius 3 is 2.11 bits per heavy atom. The minimum atomic E-state index is -0.0629. The summed E-state index contributed by atoms with van der Waals surface area (Å²) in [4.78, 5) is 10.6. The zero-order chi connectivity index (χ0) is 31.4. The molecule has 0 aliphatic heterocycles. The number of fused-ring (bicyclic) bond motifs is 11. The van der Waals surface area contributed by atoms with Crippen molar-refractivity contribution in [1.82, 2.24) is 14.5 Å². The lowest BCUT2D eigenvalue weighted by Crippen LogP contribution is -2.14. The maximum Gasteiger partial charge on any atom is 0.235 e. The van der Waals surface area contributed by atoms with Crippen molar-refractivity contribution in [3.63, 3.8) is 0 Å². The van der Waals surface area contributed by atoms with Crippen LogP contribution in [0.5, 0.6) is 0 Å². The molecule has 0 saturated heterocycles. The molecule has 47 heavy (non-hydrogen) atoms. The van der Waals surface area contributed by atoms with Crippen molar-refractivity contribution in [2.45, 2.75) is 26.2 Å². The van der Waals surface area contributed by atoms with Crippen LogP contribution in [0.4, 0.5) is 0 Å². The van der Waals surface area contributed by atoms with Crippen LogP contribution < -0.4 is 0 Å². The van der Waals surface area contributed by atoms with Crippen LogP contribution >= 0.6 is 0 Å². The van der Waals surface area contributed by atoms with E-state index in [4.69, 9.17) is 9.97 Å². The highest BCUT2D eigenvalue weighted by Gasteiger charge is 2.35. The van der Waals surface area contributed by atoms with Gasteiger partial charge in [0.2, 0.25) is 5.95 Å². The topological polar surface area (TPSA) is 30.7 Å². The molecule has 10 rings (SSSR count). The van der Waals surface area contributed by atoms with Crippen molar-refractivity contribution in [2.75, 3.05) is 0 Å². The van der Waals surface area contributed by atoms with Crippen molar-refractivity contribution in [2.24, 2.45) is 0 Å². The Balaban J connectivity index is 1.31. The molecule has 0 atom stereocenters. The van der Waals surface area contributed by atoms with Gasteiger partial charge in [-0.3, -0.25) is 4.57 Å². The Morgan fingerprint density at radius 2 is 1.23 bits per heavy atom. The summed E-state index contributed by atoms with van der Waals surface area (Å²) in [5.74, 6) is 0.684. The Morgan fingerprint density at radius 1 is 0.532 bits per heavy atom. The highest BCUT2D eigenvalue weighted by Crippen LogP contribution is 2.50. The van der Waals surface area contributed by atoms with Crippen LogP contribution in [0.15, 0.2) is 133 Å². The van der Waals surface area contributed by atoms with Gasteiger partial charge in [0, 0.05) is 32.5 Å². The molecule has 3 heteroatoms. The third kappa shape index (κ3) is 3.63. The van der Waals surface area contributed by atoms with E-state index in [1.807, 2.05) is 0 Å². The maximum atomic E-state index is 5.35. The van der Waals surface area contributed by atoms with Crippen molar-refractivity contribution in [3.05, 3.63) is 150 Å². The summed E-state index contributed by atoms with van der Waals surface area (Å²) in [6, 6.07) is 48.6. The number of rotatable bonds is 2. The first-order valence-electron chi connectivity index (χ1n) is 16.3. The number of aromatic nitrogens is 3. The smallest absolute Gasteiger partial charge is 0.235 e. The first-order valence-corrected chi connectivity index (χ1v) is 16.3. The molecule has 1 aliphatic rings. The number of hydrogen-bond donors (Lipinski definition) is 0. The molecule has 2 heterocycles. The van der Waals surface area contributed by atoms with Gasteiger partial charge in [-0.05, 0) is 69.6 Å². The lowest BCUT2D eigenvalue weighted by Gasteiger charge is -2.22. The van der Waals surface area contributed by atoms with Gasteiger partial charge in [-0.1, -0.05) is 129 Å². The molecule has 0 amide bonds. The largest absolute Gasteiger partial charge is 0.277 e. The van der Waals surface area contributed by atoms with Gasteiger partial charge in [-0.2, -0.15) is 0 Å². The monoisotopic (exact) mass is 601 g/mol. The van der Waals surface area contributed by atoms with Crippen LogP contribution in [0.25, 0.3) is 82.6 Å². The average Bonchev–Trinajstić information content (AvgIpc) is 3.56. The van der Waals surface area contributed by atoms with Crippen LogP contribution in [0.1, 0.15) is 30.5 Å². The van der Waals surface area contributed by atoms with Gasteiger partial charge in [0.05, 0.1) is 22.2 Å². The average molecular weight is 602 g/mol. The Bertz CT molecular complexity index is 2760. The van der Waals surface area contributed by atoms with Crippen LogP contribution in [-0.2, 0) is 5.41 Å². The van der Waals surface area contributed by atoms with Gasteiger partial charge >= 0.3 is 0 Å². The van der Waals surface area contributed by atoms with Crippen LogP contribution in [0, 0.1) is 6.92 Å². The minimum absolute atomic E-state index is 0.0629. The summed E-state index contributed by atoms with van der Waals surface area (Å²) in [6.07, 6.45) is 0. The van der Waals surface area contributed by atoms with Crippen molar-refractivity contribution in [3.8, 4) is 28.3 Å². The molecule has 1 aliphatic carbocycles. The molecule has 3 nitrogen and oxygen atoms in total. The quantitative estimate of drug-likeness (QED) is 0.185. The van der Waals surface area contributed by atoms with Crippen molar-refractivity contribution < 1.29 is 0 Å². The molecule has 0 fully saturated rings. The molecule has 9 aromatic rings. The molecular weight excluding hydrogens is 571 g/mol. The van der Waals surface area contributed by atoms with E-state index >= 15 is 0 Å². The summed E-state index contributed by atoms with van der Waals surface area (Å²) in [5, 5.41) is 8.43. The molecule has 7 aromatic carbocycles. The second kappa shape index (κ2) is 9.37. The molecule has 2 aromatic heterocycles. The van der Waals surface area contributed by atoms with E-state index in [1.165, 1.54) is 60.1 Å². The summed E-state index contributed by atoms with van der Waals surface area (Å²) in [6.45, 7) is 6.83. The highest BCUT2D eigenvalue weighted by atomic mass is 15.2. The fraction of sp³-hybridized carbons (Fsp3) is 0.0909. The number of para-hydroxylation sites is 2. The van der Waals surface area contributed by atoms with E-state index in [1.54, 1.807) is 0 Å². The number of hydrogen-bond acceptors (Lipinski definition) is 2. The van der Waals surface area contributed by atoms with Gasteiger partial charge in [-0.25, -0.2) is 9.97 Å². The van der Waals surface area contributed by atoms with Gasteiger partial charge < -0.3 is 0 Å². The Kier molecular flexibility index (Phi) is 5.27. The highest BCUT2D eigenvalue weighted by molar-refractivity contribution is 6.23. The fourth-order valence-electron chi connectivity index (χ4n) is 8.10. The van der Waals surface area contributed by atoms with E-state index in [2.05, 4.69) is 159 Å². The second-order valence-electron chi connectivity index (χ2n) is 13.5. The minimum Gasteiger partial charge on any atom is -0.277 e. The summed E-state index contributed by atoms with van der Waals surface area (Å²) < 4.78 is 2.29. The number of nitrogens with zero attached hydrogens (tertiary/aromatic N) is 3. The zero-order valence-corrected chi connectivity index (χ0v) is 26.5. The first-order chi connectivity index (χ1) is 23.0. The molecule has 0 N–H and O–H groups in total. The number of benzene rings is 7. The Labute approximate surface area is 272 Å². The molecule has 0 spiro atoms. The first kappa shape index (κ1) is 26.4. The standard InChI is InChI=1S/C44H31N3/c1-26-16-18-27(19-17-26)41-34-12-5-8-14-39(34)45-43(46-41)47-40-15-9-6-11-31(40)33-23-22-29-32(42(33)47)21-20-28-24-36-30-10-4-7-13-37(30)44(2,3)38(36)25-35(28)29/h4-25H,1-3H3. The molecule has 0 bridgehead atoms. The lowest BCUT2D eigenvalue weighted by molar-refractivity contribution is 0.661. The van der Waals surface area contributed by atoms with Crippen molar-refractivity contribution >= 4 is 54.3 Å². The van der Waals surface area contributed by atoms with Crippen LogP contribution in [0.3, 0.4) is 0 Å². The van der Waals surface area contributed by atoms with Gasteiger partial charge in [-0.15, -0.1) is 0 Å². The van der Waals surface area contributed by atoms with Gasteiger partial charge in [0.1, 0.15) is 0 Å². The SMILES string of the molecule is Cc1ccc(-c2nc(-n3c4ccccc4c4ccc5c6cc7c(cc6ccc5c43)-c3ccccc3C7(C)C)nc3ccccc23)cc1. The summed E-state index contributed by atoms with van der Waals surface area (Å²) in [5.41, 5.74) is 11.9. The molecule has 222 valence electrons. The van der Waals surface area contributed by atoms with E-state index in [0.29, 0.717) is 5.95 Å². The van der Waals surface area contributed by atoms with Gasteiger partial charge in [0.15, 0.2) is 0 Å². The van der Waals surface area contributed by atoms with E-state index in [9.17, 15) is 0 Å². The predicted molar refractivity (Wildman–Crippen MR) is 197 cm³/mol. The van der Waals surface area contributed by atoms with Crippen LogP contribution in [0.2, 0.25) is 0 Å². The lowest BCUT2D eigenvalue weighted by atomic mass is 9.81. The second-order valence-corrected chi connectivity index (χ2v) is 13.5. The van der Waals surface area contributed by atoms with E-state index in [-0.39, 0.29) is 5.41 Å². The Hall–Kier alpha value is -5.80. The number of aryl methyl sites for hydroxylation is 1. The maximum absolute atomic E-state index is 5.35. The fourth-order valence-corrected chi connectivity index (χ4v) is 8.10. The van der Waals surface area contributed by atoms with Crippen molar-refractivity contribution in [1.29, 1.82) is 0 Å². The van der Waals surface area contributed by atoms with Crippen LogP contribution in [-0.4, -0.2) is 14.5 Å². The third-order valence-corrected chi connectivity index (χ3v) is 10.5. The van der Waals surface area contributed by atoms with E-state index < -0.39 is 0 Å². The molecule has 0 radical (unpaired) electrons. The zero-order valence-electron chi connectivity index (χ0n) is 26.5.